The van der Waals surface area contributed by atoms with Gasteiger partial charge in [-0.2, -0.15) is 0 Å². The van der Waals surface area contributed by atoms with Crippen LogP contribution in [0.5, 0.6) is 0 Å². The molecule has 0 saturated heterocycles. The van der Waals surface area contributed by atoms with Gasteiger partial charge >= 0.3 is 0 Å². The fraction of sp³-hybridized carbons (Fsp3) is 0.579. The van der Waals surface area contributed by atoms with E-state index in [1.54, 1.807) is 18.2 Å². The number of rotatable bonds is 4. The van der Waals surface area contributed by atoms with Gasteiger partial charge in [0.05, 0.1) is 0 Å². The standard InChI is InChI=1S/C19H27FN2O2/c1-19(2,3)22-18(24)14-10-8-13(9-11-14)17(23)21-12-15-6-4-5-7-16(15)20/h4-7,13-14H,8-12H2,1-3H3,(H,21,23)(H,22,24). The van der Waals surface area contributed by atoms with Crippen LogP contribution < -0.4 is 10.6 Å². The third-order valence-corrected chi connectivity index (χ3v) is 4.38. The summed E-state index contributed by atoms with van der Waals surface area (Å²) < 4.78 is 13.6. The second-order valence-corrected chi connectivity index (χ2v) is 7.60. The van der Waals surface area contributed by atoms with Gasteiger partial charge in [0.15, 0.2) is 0 Å². The van der Waals surface area contributed by atoms with Crippen LogP contribution in [-0.2, 0) is 16.1 Å². The Morgan fingerprint density at radius 1 is 1.04 bits per heavy atom. The average Bonchev–Trinajstić information content (AvgIpc) is 2.52. The van der Waals surface area contributed by atoms with Gasteiger partial charge in [0, 0.05) is 29.5 Å². The van der Waals surface area contributed by atoms with E-state index in [4.69, 9.17) is 0 Å². The average molecular weight is 334 g/mol. The largest absolute Gasteiger partial charge is 0.352 e. The number of halogens is 1. The first-order valence-electron chi connectivity index (χ1n) is 8.59. The first-order chi connectivity index (χ1) is 11.3. The second-order valence-electron chi connectivity index (χ2n) is 7.60. The molecule has 5 heteroatoms. The van der Waals surface area contributed by atoms with Crippen molar-refractivity contribution in [2.45, 2.75) is 58.5 Å². The quantitative estimate of drug-likeness (QED) is 0.888. The Kier molecular flexibility index (Phi) is 5.97. The van der Waals surface area contributed by atoms with Gasteiger partial charge in [-0.3, -0.25) is 9.59 Å². The van der Waals surface area contributed by atoms with E-state index in [2.05, 4.69) is 10.6 Å². The summed E-state index contributed by atoms with van der Waals surface area (Å²) >= 11 is 0. The zero-order valence-corrected chi connectivity index (χ0v) is 14.7. The van der Waals surface area contributed by atoms with E-state index in [-0.39, 0.29) is 41.6 Å². The molecule has 4 nitrogen and oxygen atoms in total. The summed E-state index contributed by atoms with van der Waals surface area (Å²) in [5, 5.41) is 5.82. The Hall–Kier alpha value is -1.91. The molecule has 132 valence electrons. The van der Waals surface area contributed by atoms with Crippen LogP contribution in [0.4, 0.5) is 4.39 Å². The number of hydrogen-bond acceptors (Lipinski definition) is 2. The van der Waals surface area contributed by atoms with Crippen molar-refractivity contribution in [2.24, 2.45) is 11.8 Å². The normalized spacial score (nSPS) is 21.2. The molecule has 0 aliphatic heterocycles. The Bertz CT molecular complexity index is 587. The van der Waals surface area contributed by atoms with Crippen LogP contribution in [0.25, 0.3) is 0 Å². The second kappa shape index (κ2) is 7.77. The van der Waals surface area contributed by atoms with E-state index >= 15 is 0 Å². The van der Waals surface area contributed by atoms with Crippen LogP contribution in [0.3, 0.4) is 0 Å². The van der Waals surface area contributed by atoms with Crippen molar-refractivity contribution >= 4 is 11.8 Å². The lowest BCUT2D eigenvalue weighted by molar-refractivity contribution is -0.131. The van der Waals surface area contributed by atoms with Crippen molar-refractivity contribution in [1.29, 1.82) is 0 Å². The number of nitrogens with one attached hydrogen (secondary N) is 2. The maximum absolute atomic E-state index is 13.6. The minimum atomic E-state index is -0.305. The lowest BCUT2D eigenvalue weighted by Gasteiger charge is -2.30. The molecule has 1 aromatic carbocycles. The predicted octanol–water partition coefficient (Wildman–Crippen LogP) is 3.16. The van der Waals surface area contributed by atoms with Crippen molar-refractivity contribution in [3.8, 4) is 0 Å². The monoisotopic (exact) mass is 334 g/mol. The third-order valence-electron chi connectivity index (χ3n) is 4.38. The summed E-state index contributed by atoms with van der Waals surface area (Å²) in [5.74, 6) is -0.378. The fourth-order valence-electron chi connectivity index (χ4n) is 3.06. The summed E-state index contributed by atoms with van der Waals surface area (Å²) in [5.41, 5.74) is 0.259. The molecule has 1 aliphatic carbocycles. The van der Waals surface area contributed by atoms with Crippen LogP contribution in [-0.4, -0.2) is 17.4 Å². The lowest BCUT2D eigenvalue weighted by Crippen LogP contribution is -2.45. The summed E-state index contributed by atoms with van der Waals surface area (Å²) in [6.45, 7) is 6.10. The molecule has 24 heavy (non-hydrogen) atoms. The zero-order chi connectivity index (χ0) is 17.7. The van der Waals surface area contributed by atoms with Crippen LogP contribution in [0.1, 0.15) is 52.0 Å². The van der Waals surface area contributed by atoms with Gasteiger partial charge < -0.3 is 10.6 Å². The molecule has 0 bridgehead atoms. The highest BCUT2D eigenvalue weighted by Crippen LogP contribution is 2.29. The van der Waals surface area contributed by atoms with Gasteiger partial charge in [-0.05, 0) is 52.5 Å². The van der Waals surface area contributed by atoms with Gasteiger partial charge in [0.1, 0.15) is 5.82 Å². The van der Waals surface area contributed by atoms with Crippen molar-refractivity contribution in [2.75, 3.05) is 0 Å². The van der Waals surface area contributed by atoms with Crippen molar-refractivity contribution < 1.29 is 14.0 Å². The first kappa shape index (κ1) is 18.4. The highest BCUT2D eigenvalue weighted by Gasteiger charge is 2.31. The molecule has 2 N–H and O–H groups in total. The Balaban J connectivity index is 1.78. The third kappa shape index (κ3) is 5.32. The molecule has 0 heterocycles. The lowest BCUT2D eigenvalue weighted by atomic mass is 9.81. The smallest absolute Gasteiger partial charge is 0.223 e. The van der Waals surface area contributed by atoms with Gasteiger partial charge in [0.2, 0.25) is 11.8 Å². The fourth-order valence-corrected chi connectivity index (χ4v) is 3.06. The molecule has 0 aromatic heterocycles. The summed E-state index contributed by atoms with van der Waals surface area (Å²) in [7, 11) is 0. The Labute approximate surface area is 143 Å². The predicted molar refractivity (Wildman–Crippen MR) is 91.6 cm³/mol. The zero-order valence-electron chi connectivity index (χ0n) is 14.7. The van der Waals surface area contributed by atoms with E-state index in [9.17, 15) is 14.0 Å². The number of carbonyl (C=O) groups excluding carboxylic acids is 2. The molecule has 2 rings (SSSR count). The molecule has 1 aliphatic rings. The van der Waals surface area contributed by atoms with E-state index in [1.165, 1.54) is 6.07 Å². The molecule has 1 fully saturated rings. The minimum absolute atomic E-state index is 0.0140. The SMILES string of the molecule is CC(C)(C)NC(=O)C1CCC(C(=O)NCc2ccccc2F)CC1. The minimum Gasteiger partial charge on any atom is -0.352 e. The van der Waals surface area contributed by atoms with Crippen molar-refractivity contribution in [1.82, 2.24) is 10.6 Å². The molecule has 0 radical (unpaired) electrons. The summed E-state index contributed by atoms with van der Waals surface area (Å²) in [6.07, 6.45) is 2.84. The van der Waals surface area contributed by atoms with Crippen LogP contribution in [0.2, 0.25) is 0 Å². The number of carbonyl (C=O) groups is 2. The maximum Gasteiger partial charge on any atom is 0.223 e. The van der Waals surface area contributed by atoms with E-state index in [1.807, 2.05) is 20.8 Å². The molecule has 0 atom stereocenters. The molecule has 1 saturated carbocycles. The molecule has 2 amide bonds. The number of hydrogen-bond donors (Lipinski definition) is 2. The maximum atomic E-state index is 13.6. The molecular formula is C19H27FN2O2. The van der Waals surface area contributed by atoms with Gasteiger partial charge in [-0.15, -0.1) is 0 Å². The Morgan fingerprint density at radius 2 is 1.58 bits per heavy atom. The van der Waals surface area contributed by atoms with Crippen LogP contribution in [0.15, 0.2) is 24.3 Å². The summed E-state index contributed by atoms with van der Waals surface area (Å²) in [4.78, 5) is 24.4. The molecule has 0 spiro atoms. The van der Waals surface area contributed by atoms with Crippen LogP contribution in [0, 0.1) is 17.7 Å². The van der Waals surface area contributed by atoms with Crippen LogP contribution >= 0.6 is 0 Å². The van der Waals surface area contributed by atoms with Crippen molar-refractivity contribution in [3.63, 3.8) is 0 Å². The van der Waals surface area contributed by atoms with E-state index in [0.717, 1.165) is 12.8 Å². The van der Waals surface area contributed by atoms with Crippen molar-refractivity contribution in [3.05, 3.63) is 35.6 Å². The molecule has 0 unspecified atom stereocenters. The van der Waals surface area contributed by atoms with Gasteiger partial charge in [-0.1, -0.05) is 18.2 Å². The number of amides is 2. The Morgan fingerprint density at radius 3 is 2.12 bits per heavy atom. The topological polar surface area (TPSA) is 58.2 Å². The first-order valence-corrected chi connectivity index (χ1v) is 8.59. The van der Waals surface area contributed by atoms with E-state index < -0.39 is 0 Å². The highest BCUT2D eigenvalue weighted by atomic mass is 19.1. The van der Waals surface area contributed by atoms with E-state index in [0.29, 0.717) is 18.4 Å². The van der Waals surface area contributed by atoms with Gasteiger partial charge in [0.25, 0.3) is 0 Å². The summed E-state index contributed by atoms with van der Waals surface area (Å²) in [6, 6.07) is 6.44. The molecule has 1 aromatic rings. The molecular weight excluding hydrogens is 307 g/mol. The number of benzene rings is 1. The van der Waals surface area contributed by atoms with Gasteiger partial charge in [-0.25, -0.2) is 4.39 Å². The highest BCUT2D eigenvalue weighted by molar-refractivity contribution is 5.81.